The lowest BCUT2D eigenvalue weighted by molar-refractivity contribution is -0.119. The molecule has 0 unspecified atom stereocenters. The summed E-state index contributed by atoms with van der Waals surface area (Å²) >= 11 is 2.01. The number of fused-ring (bicyclic) bond motifs is 1. The number of thioether (sulfide) groups is 1. The molecule has 0 aliphatic carbocycles. The Hall–Kier alpha value is -1.16. The van der Waals surface area contributed by atoms with Crippen LogP contribution in [0.15, 0.2) is 18.2 Å². The predicted molar refractivity (Wildman–Crippen MR) is 81.6 cm³/mol. The lowest BCUT2D eigenvalue weighted by Crippen LogP contribution is -2.31. The third-order valence-corrected chi connectivity index (χ3v) is 5.16. The molecule has 3 nitrogen and oxygen atoms in total. The summed E-state index contributed by atoms with van der Waals surface area (Å²) in [6.45, 7) is 0.819. The van der Waals surface area contributed by atoms with Gasteiger partial charge in [0.15, 0.2) is 0 Å². The topological polar surface area (TPSA) is 46.3 Å². The Morgan fingerprint density at radius 3 is 2.95 bits per heavy atom. The van der Waals surface area contributed by atoms with E-state index >= 15 is 0 Å². The highest BCUT2D eigenvalue weighted by Crippen LogP contribution is 2.32. The second kappa shape index (κ2) is 5.45. The van der Waals surface area contributed by atoms with Crippen molar-refractivity contribution >= 4 is 29.0 Å². The zero-order chi connectivity index (χ0) is 13.2. The van der Waals surface area contributed by atoms with Gasteiger partial charge in [-0.05, 0) is 54.4 Å². The van der Waals surface area contributed by atoms with Crippen LogP contribution in [0.25, 0.3) is 0 Å². The third kappa shape index (κ3) is 2.73. The van der Waals surface area contributed by atoms with Crippen molar-refractivity contribution in [2.75, 3.05) is 28.7 Å². The van der Waals surface area contributed by atoms with Crippen LogP contribution in [0, 0.1) is 5.92 Å². The molecule has 2 heterocycles. The predicted octanol–water partition coefficient (Wildman–Crippen LogP) is 2.69. The Morgan fingerprint density at radius 2 is 2.16 bits per heavy atom. The highest BCUT2D eigenvalue weighted by molar-refractivity contribution is 7.99. The first-order valence-electron chi connectivity index (χ1n) is 7.00. The number of anilines is 2. The zero-order valence-electron chi connectivity index (χ0n) is 11.1. The summed E-state index contributed by atoms with van der Waals surface area (Å²) in [5, 5.41) is 0. The van der Waals surface area contributed by atoms with Crippen molar-refractivity contribution in [2.45, 2.75) is 25.7 Å². The maximum absolute atomic E-state index is 12.5. The molecule has 4 heteroatoms. The molecule has 1 fully saturated rings. The number of rotatable bonds is 2. The van der Waals surface area contributed by atoms with Crippen molar-refractivity contribution in [3.8, 4) is 0 Å². The Balaban J connectivity index is 1.70. The summed E-state index contributed by atoms with van der Waals surface area (Å²) in [6, 6.07) is 5.91. The fourth-order valence-corrected chi connectivity index (χ4v) is 4.17. The molecule has 0 bridgehead atoms. The number of benzene rings is 1. The Kier molecular flexibility index (Phi) is 3.69. The Morgan fingerprint density at radius 1 is 1.37 bits per heavy atom. The standard InChI is InChI=1S/C15H20N2OS/c16-13-2-1-12-3-6-17(14(12)10-13)15(18)9-11-4-7-19-8-5-11/h1-2,10-11H,3-9,16H2. The van der Waals surface area contributed by atoms with E-state index in [9.17, 15) is 4.79 Å². The van der Waals surface area contributed by atoms with Gasteiger partial charge in [0.2, 0.25) is 5.91 Å². The number of amides is 1. The van der Waals surface area contributed by atoms with Gasteiger partial charge in [-0.2, -0.15) is 11.8 Å². The molecule has 1 aromatic carbocycles. The third-order valence-electron chi connectivity index (χ3n) is 4.11. The van der Waals surface area contributed by atoms with Crippen LogP contribution in [-0.4, -0.2) is 24.0 Å². The summed E-state index contributed by atoms with van der Waals surface area (Å²) in [6.07, 6.45) is 4.04. The van der Waals surface area contributed by atoms with Gasteiger partial charge in [-0.1, -0.05) is 6.07 Å². The zero-order valence-corrected chi connectivity index (χ0v) is 11.9. The van der Waals surface area contributed by atoms with Gasteiger partial charge in [-0.3, -0.25) is 4.79 Å². The molecular weight excluding hydrogens is 256 g/mol. The summed E-state index contributed by atoms with van der Waals surface area (Å²) in [7, 11) is 0. The highest BCUT2D eigenvalue weighted by atomic mass is 32.2. The fourth-order valence-electron chi connectivity index (χ4n) is 2.96. The molecule has 2 aliphatic heterocycles. The molecule has 0 spiro atoms. The Bertz CT molecular complexity index is 483. The van der Waals surface area contributed by atoms with E-state index in [1.807, 2.05) is 28.8 Å². The van der Waals surface area contributed by atoms with Crippen LogP contribution < -0.4 is 10.6 Å². The molecule has 3 rings (SSSR count). The monoisotopic (exact) mass is 276 g/mol. The van der Waals surface area contributed by atoms with Crippen molar-refractivity contribution in [2.24, 2.45) is 5.92 Å². The molecule has 1 saturated heterocycles. The molecule has 0 radical (unpaired) electrons. The Labute approximate surface area is 118 Å². The minimum atomic E-state index is 0.279. The lowest BCUT2D eigenvalue weighted by atomic mass is 9.98. The van der Waals surface area contributed by atoms with Gasteiger partial charge >= 0.3 is 0 Å². The van der Waals surface area contributed by atoms with E-state index in [1.165, 1.54) is 29.9 Å². The average Bonchev–Trinajstić information content (AvgIpc) is 2.82. The first-order chi connectivity index (χ1) is 9.24. The molecule has 102 valence electrons. The van der Waals surface area contributed by atoms with Crippen LogP contribution in [0.5, 0.6) is 0 Å². The number of nitrogens with two attached hydrogens (primary N) is 1. The van der Waals surface area contributed by atoms with Gasteiger partial charge in [-0.25, -0.2) is 0 Å². The quantitative estimate of drug-likeness (QED) is 0.845. The van der Waals surface area contributed by atoms with Crippen molar-refractivity contribution in [1.82, 2.24) is 0 Å². The fraction of sp³-hybridized carbons (Fsp3) is 0.533. The van der Waals surface area contributed by atoms with Crippen molar-refractivity contribution < 1.29 is 4.79 Å². The summed E-state index contributed by atoms with van der Waals surface area (Å²) in [4.78, 5) is 14.4. The summed E-state index contributed by atoms with van der Waals surface area (Å²) in [5.74, 6) is 3.28. The molecule has 2 N–H and O–H groups in total. The van der Waals surface area contributed by atoms with Gasteiger partial charge in [0.05, 0.1) is 0 Å². The summed E-state index contributed by atoms with van der Waals surface area (Å²) < 4.78 is 0. The maximum atomic E-state index is 12.5. The molecular formula is C15H20N2OS. The maximum Gasteiger partial charge on any atom is 0.227 e. The van der Waals surface area contributed by atoms with E-state index in [0.29, 0.717) is 12.3 Å². The van der Waals surface area contributed by atoms with Gasteiger partial charge in [0.1, 0.15) is 0 Å². The van der Waals surface area contributed by atoms with Crippen molar-refractivity contribution in [1.29, 1.82) is 0 Å². The largest absolute Gasteiger partial charge is 0.399 e. The minimum Gasteiger partial charge on any atom is -0.399 e. The van der Waals surface area contributed by atoms with Crippen LogP contribution in [0.1, 0.15) is 24.8 Å². The molecule has 2 aliphatic rings. The van der Waals surface area contributed by atoms with Gasteiger partial charge in [0, 0.05) is 24.3 Å². The van der Waals surface area contributed by atoms with Crippen LogP contribution >= 0.6 is 11.8 Å². The normalized spacial score (nSPS) is 19.5. The van der Waals surface area contributed by atoms with Gasteiger partial charge in [0.25, 0.3) is 0 Å². The van der Waals surface area contributed by atoms with E-state index in [-0.39, 0.29) is 5.91 Å². The van der Waals surface area contributed by atoms with Gasteiger partial charge < -0.3 is 10.6 Å². The second-order valence-corrected chi connectivity index (χ2v) is 6.67. The number of carbonyl (C=O) groups is 1. The van der Waals surface area contributed by atoms with E-state index in [0.717, 1.165) is 24.3 Å². The number of nitrogen functional groups attached to an aromatic ring is 1. The highest BCUT2D eigenvalue weighted by Gasteiger charge is 2.27. The molecule has 0 saturated carbocycles. The van der Waals surface area contributed by atoms with Crippen LogP contribution in [0.4, 0.5) is 11.4 Å². The minimum absolute atomic E-state index is 0.279. The van der Waals surface area contributed by atoms with Crippen LogP contribution in [0.2, 0.25) is 0 Å². The van der Waals surface area contributed by atoms with Crippen molar-refractivity contribution in [3.05, 3.63) is 23.8 Å². The van der Waals surface area contributed by atoms with E-state index in [4.69, 9.17) is 5.73 Å². The molecule has 0 aromatic heterocycles. The first-order valence-corrected chi connectivity index (χ1v) is 8.16. The number of hydrogen-bond acceptors (Lipinski definition) is 3. The molecule has 19 heavy (non-hydrogen) atoms. The summed E-state index contributed by atoms with van der Waals surface area (Å²) in [5.41, 5.74) is 8.87. The second-order valence-electron chi connectivity index (χ2n) is 5.44. The van der Waals surface area contributed by atoms with E-state index in [1.54, 1.807) is 0 Å². The number of hydrogen-bond donors (Lipinski definition) is 1. The van der Waals surface area contributed by atoms with Crippen molar-refractivity contribution in [3.63, 3.8) is 0 Å². The molecule has 1 amide bonds. The van der Waals surface area contributed by atoms with E-state index < -0.39 is 0 Å². The smallest absolute Gasteiger partial charge is 0.227 e. The van der Waals surface area contributed by atoms with E-state index in [2.05, 4.69) is 6.07 Å². The average molecular weight is 276 g/mol. The lowest BCUT2D eigenvalue weighted by Gasteiger charge is -2.24. The molecule has 1 aromatic rings. The van der Waals surface area contributed by atoms with Gasteiger partial charge in [-0.15, -0.1) is 0 Å². The number of carbonyl (C=O) groups excluding carboxylic acids is 1. The molecule has 0 atom stereocenters. The first kappa shape index (κ1) is 12.9. The van der Waals surface area contributed by atoms with Crippen LogP contribution in [-0.2, 0) is 11.2 Å². The SMILES string of the molecule is Nc1ccc2c(c1)N(C(=O)CC1CCSCC1)CC2. The number of nitrogens with zero attached hydrogens (tertiary/aromatic N) is 1. The van der Waals surface area contributed by atoms with Crippen LogP contribution in [0.3, 0.4) is 0 Å².